The lowest BCUT2D eigenvalue weighted by atomic mass is 10.1. The van der Waals surface area contributed by atoms with Gasteiger partial charge in [0.05, 0.1) is 21.2 Å². The van der Waals surface area contributed by atoms with Crippen molar-refractivity contribution >= 4 is 57.6 Å². The lowest BCUT2D eigenvalue weighted by molar-refractivity contribution is -0.137. The molecule has 3 rings (SSSR count). The van der Waals surface area contributed by atoms with Crippen LogP contribution in [0.3, 0.4) is 0 Å². The quantitative estimate of drug-likeness (QED) is 0.521. The van der Waals surface area contributed by atoms with Gasteiger partial charge in [-0.15, -0.1) is 0 Å². The number of aromatic hydroxyl groups is 1. The van der Waals surface area contributed by atoms with E-state index in [4.69, 9.17) is 23.8 Å². The summed E-state index contributed by atoms with van der Waals surface area (Å²) in [5, 5.41) is 9.55. The predicted octanol–water partition coefficient (Wildman–Crippen LogP) is 5.47. The van der Waals surface area contributed by atoms with Crippen LogP contribution in [-0.4, -0.2) is 15.3 Å². The Morgan fingerprint density at radius 2 is 1.92 bits per heavy atom. The molecule has 2 aromatic carbocycles. The number of hydrogen-bond donors (Lipinski definition) is 1. The van der Waals surface area contributed by atoms with E-state index in [-0.39, 0.29) is 25.7 Å². The summed E-state index contributed by atoms with van der Waals surface area (Å²) < 4.78 is 38.8. The maximum atomic E-state index is 12.9. The van der Waals surface area contributed by atoms with Crippen LogP contribution in [0.2, 0.25) is 5.02 Å². The van der Waals surface area contributed by atoms with Gasteiger partial charge in [-0.3, -0.25) is 9.69 Å². The zero-order valence-corrected chi connectivity index (χ0v) is 15.1. The first kappa shape index (κ1) is 18.8. The molecule has 134 valence electrons. The Balaban J connectivity index is 1.94. The summed E-state index contributed by atoms with van der Waals surface area (Å²) in [6.45, 7) is 0. The van der Waals surface area contributed by atoms with Crippen molar-refractivity contribution in [2.24, 2.45) is 0 Å². The molecular formula is C17H9ClF3NO2S2. The van der Waals surface area contributed by atoms with Crippen molar-refractivity contribution in [2.45, 2.75) is 6.18 Å². The highest BCUT2D eigenvalue weighted by Gasteiger charge is 2.36. The van der Waals surface area contributed by atoms with Crippen molar-refractivity contribution in [3.63, 3.8) is 0 Å². The average Bonchev–Trinajstić information content (AvgIpc) is 2.84. The largest absolute Gasteiger partial charge is 0.506 e. The molecule has 0 unspecified atom stereocenters. The number of phenolic OH excluding ortho intramolecular Hbond substituents is 1. The lowest BCUT2D eigenvalue weighted by Crippen LogP contribution is -2.27. The van der Waals surface area contributed by atoms with E-state index in [1.807, 2.05) is 0 Å². The third-order valence-electron chi connectivity index (χ3n) is 3.49. The molecule has 1 N–H and O–H groups in total. The van der Waals surface area contributed by atoms with Gasteiger partial charge in [0.25, 0.3) is 5.91 Å². The van der Waals surface area contributed by atoms with Gasteiger partial charge in [0.1, 0.15) is 5.75 Å². The van der Waals surface area contributed by atoms with Crippen molar-refractivity contribution in [2.75, 3.05) is 4.90 Å². The number of hydrogen-bond acceptors (Lipinski definition) is 4. The van der Waals surface area contributed by atoms with E-state index in [1.165, 1.54) is 30.3 Å². The number of benzene rings is 2. The van der Waals surface area contributed by atoms with E-state index in [0.29, 0.717) is 5.56 Å². The number of rotatable bonds is 2. The summed E-state index contributed by atoms with van der Waals surface area (Å²) in [5.41, 5.74) is -0.259. The van der Waals surface area contributed by atoms with E-state index in [0.717, 1.165) is 28.8 Å². The maximum absolute atomic E-state index is 12.9. The van der Waals surface area contributed by atoms with Gasteiger partial charge in [0, 0.05) is 0 Å². The molecule has 0 aromatic heterocycles. The number of phenols is 1. The molecule has 0 aliphatic carbocycles. The first-order valence-corrected chi connectivity index (χ1v) is 8.71. The smallest absolute Gasteiger partial charge is 0.416 e. The summed E-state index contributed by atoms with van der Waals surface area (Å²) in [5.74, 6) is -0.621. The van der Waals surface area contributed by atoms with Crippen LogP contribution in [0.25, 0.3) is 6.08 Å². The molecule has 0 saturated carbocycles. The van der Waals surface area contributed by atoms with Crippen LogP contribution < -0.4 is 4.90 Å². The molecule has 0 radical (unpaired) electrons. The molecule has 1 aliphatic heterocycles. The van der Waals surface area contributed by atoms with Crippen molar-refractivity contribution in [3.8, 4) is 5.75 Å². The topological polar surface area (TPSA) is 40.5 Å². The molecule has 1 heterocycles. The van der Waals surface area contributed by atoms with Crippen LogP contribution in [0.4, 0.5) is 18.9 Å². The van der Waals surface area contributed by atoms with Gasteiger partial charge in [-0.2, -0.15) is 13.2 Å². The van der Waals surface area contributed by atoms with Gasteiger partial charge >= 0.3 is 6.18 Å². The molecule has 0 bridgehead atoms. The maximum Gasteiger partial charge on any atom is 0.416 e. The molecular weight excluding hydrogens is 407 g/mol. The number of anilines is 1. The number of nitrogens with zero attached hydrogens (tertiary/aromatic N) is 1. The predicted molar refractivity (Wildman–Crippen MR) is 100 cm³/mol. The van der Waals surface area contributed by atoms with E-state index < -0.39 is 17.6 Å². The summed E-state index contributed by atoms with van der Waals surface area (Å²) in [6.07, 6.45) is -3.01. The minimum Gasteiger partial charge on any atom is -0.506 e. The molecule has 2 aromatic rings. The Bertz CT molecular complexity index is 944. The van der Waals surface area contributed by atoms with Crippen LogP contribution in [0.15, 0.2) is 47.4 Å². The zero-order valence-electron chi connectivity index (χ0n) is 12.7. The number of halogens is 4. The third-order valence-corrected chi connectivity index (χ3v) is 5.10. The first-order chi connectivity index (χ1) is 12.2. The van der Waals surface area contributed by atoms with Crippen molar-refractivity contribution < 1.29 is 23.1 Å². The number of carbonyl (C=O) groups is 1. The third kappa shape index (κ3) is 3.72. The SMILES string of the molecule is O=C1/C(=C/c2ccc(O)c(Cl)c2)SC(=S)N1c1cccc(C(F)(F)F)c1. The first-order valence-electron chi connectivity index (χ1n) is 7.10. The molecule has 1 aliphatic rings. The van der Waals surface area contributed by atoms with E-state index >= 15 is 0 Å². The Kier molecular flexibility index (Phi) is 5.01. The summed E-state index contributed by atoms with van der Waals surface area (Å²) in [6, 6.07) is 8.81. The van der Waals surface area contributed by atoms with Gasteiger partial charge in [-0.25, -0.2) is 0 Å². The van der Waals surface area contributed by atoms with Gasteiger partial charge in [0.15, 0.2) is 4.32 Å². The van der Waals surface area contributed by atoms with Gasteiger partial charge in [-0.05, 0) is 42.0 Å². The highest BCUT2D eigenvalue weighted by Crippen LogP contribution is 2.38. The highest BCUT2D eigenvalue weighted by molar-refractivity contribution is 8.27. The molecule has 3 nitrogen and oxygen atoms in total. The molecule has 0 spiro atoms. The van der Waals surface area contributed by atoms with Crippen LogP contribution in [0.5, 0.6) is 5.75 Å². The normalized spacial score (nSPS) is 16.6. The Morgan fingerprint density at radius 1 is 1.19 bits per heavy atom. The molecule has 26 heavy (non-hydrogen) atoms. The van der Waals surface area contributed by atoms with Crippen LogP contribution in [-0.2, 0) is 11.0 Å². The standard InChI is InChI=1S/C17H9ClF3NO2S2/c18-12-6-9(4-5-13(12)23)7-14-15(24)22(16(25)26-14)11-3-1-2-10(8-11)17(19,20)21/h1-8,23H/b14-7-. The summed E-state index contributed by atoms with van der Waals surface area (Å²) >= 11 is 12.0. The minimum absolute atomic E-state index is 0.0504. The lowest BCUT2D eigenvalue weighted by Gasteiger charge is -2.16. The highest BCUT2D eigenvalue weighted by atomic mass is 35.5. The minimum atomic E-state index is -4.52. The fraction of sp³-hybridized carbons (Fsp3) is 0.0588. The Labute approximate surface area is 161 Å². The number of thioether (sulfide) groups is 1. The molecule has 0 atom stereocenters. The second-order valence-electron chi connectivity index (χ2n) is 5.28. The monoisotopic (exact) mass is 415 g/mol. The second-order valence-corrected chi connectivity index (χ2v) is 7.36. The fourth-order valence-corrected chi connectivity index (χ4v) is 3.76. The number of carbonyl (C=O) groups excluding carboxylic acids is 1. The number of amides is 1. The van der Waals surface area contributed by atoms with E-state index in [2.05, 4.69) is 0 Å². The second kappa shape index (κ2) is 6.94. The number of alkyl halides is 3. The average molecular weight is 416 g/mol. The van der Waals surface area contributed by atoms with E-state index in [9.17, 15) is 23.1 Å². The van der Waals surface area contributed by atoms with Gasteiger partial charge in [-0.1, -0.05) is 47.7 Å². The molecule has 1 saturated heterocycles. The molecule has 1 amide bonds. The van der Waals surface area contributed by atoms with Crippen LogP contribution in [0, 0.1) is 0 Å². The van der Waals surface area contributed by atoms with Gasteiger partial charge in [0.2, 0.25) is 0 Å². The van der Waals surface area contributed by atoms with Crippen molar-refractivity contribution in [1.82, 2.24) is 0 Å². The van der Waals surface area contributed by atoms with Crippen molar-refractivity contribution in [1.29, 1.82) is 0 Å². The number of thiocarbonyl (C=S) groups is 1. The fourth-order valence-electron chi connectivity index (χ4n) is 2.28. The molecule has 9 heteroatoms. The van der Waals surface area contributed by atoms with Crippen molar-refractivity contribution in [3.05, 3.63) is 63.5 Å². The van der Waals surface area contributed by atoms with Crippen LogP contribution >= 0.6 is 35.6 Å². The van der Waals surface area contributed by atoms with Gasteiger partial charge < -0.3 is 5.11 Å². The summed E-state index contributed by atoms with van der Waals surface area (Å²) in [7, 11) is 0. The van der Waals surface area contributed by atoms with Crippen LogP contribution in [0.1, 0.15) is 11.1 Å². The van der Waals surface area contributed by atoms with E-state index in [1.54, 1.807) is 6.07 Å². The summed E-state index contributed by atoms with van der Waals surface area (Å²) in [4.78, 5) is 13.9. The Hall–Kier alpha value is -2.03. The molecule has 1 fully saturated rings. The zero-order chi connectivity index (χ0) is 19.1. The Morgan fingerprint density at radius 3 is 2.58 bits per heavy atom.